The van der Waals surface area contributed by atoms with E-state index in [9.17, 15) is 19.5 Å². The number of nitrogens with zero attached hydrogens (tertiary/aromatic N) is 3. The van der Waals surface area contributed by atoms with E-state index in [1.807, 2.05) is 47.0 Å². The average Bonchev–Trinajstić information content (AvgIpc) is 3.42. The number of aliphatic hydroxyl groups excluding tert-OH is 1. The first-order chi connectivity index (χ1) is 17.5. The van der Waals surface area contributed by atoms with Gasteiger partial charge in [0, 0.05) is 30.6 Å². The second-order valence-corrected chi connectivity index (χ2v) is 9.99. The molecule has 3 aromatic rings. The van der Waals surface area contributed by atoms with Crippen LogP contribution in [-0.4, -0.2) is 43.2 Å². The maximum Gasteiger partial charge on any atom is 0.244 e. The normalized spacial score (nSPS) is 23.0. The van der Waals surface area contributed by atoms with Crippen LogP contribution < -0.4 is 10.6 Å². The lowest BCUT2D eigenvalue weighted by Gasteiger charge is -2.31. The first-order valence-electron chi connectivity index (χ1n) is 12.7. The van der Waals surface area contributed by atoms with Gasteiger partial charge in [0.2, 0.25) is 17.7 Å². The average molecular weight is 488 g/mol. The molecule has 36 heavy (non-hydrogen) atoms. The second kappa shape index (κ2) is 9.15. The van der Waals surface area contributed by atoms with Gasteiger partial charge in [0.1, 0.15) is 23.4 Å². The molecule has 1 saturated carbocycles. The lowest BCUT2D eigenvalue weighted by molar-refractivity contribution is -0.141. The Morgan fingerprint density at radius 2 is 1.92 bits per heavy atom. The molecule has 3 aliphatic rings. The van der Waals surface area contributed by atoms with Crippen LogP contribution in [-0.2, 0) is 20.9 Å². The number of hydrogen-bond donors (Lipinski definition) is 3. The van der Waals surface area contributed by atoms with E-state index in [1.165, 1.54) is 6.42 Å². The van der Waals surface area contributed by atoms with Gasteiger partial charge in [0.25, 0.3) is 0 Å². The van der Waals surface area contributed by atoms with E-state index < -0.39 is 12.3 Å². The molecule has 0 spiro atoms. The molecule has 2 fully saturated rings. The molecule has 3 N–H and O–H groups in total. The maximum atomic E-state index is 13.1. The number of carbonyl (C=O) groups is 3. The number of aliphatic hydroxyl groups is 1. The minimum atomic E-state index is -0.926. The standard InChI is InChI=1S/C27H29N5O4/c33-22-12-11-20(26(35)29-22)32-15-18-14-17(9-10-19(18)27(32)36)23-24(31-13-5-4-8-21(31)28-23)30-25(34)16-6-2-1-3-7-16/h4-5,8-10,13-14,16,20,27,36H,1-3,6-7,11-12,15H2,(H,30,34)(H,29,33,35). The molecule has 1 aromatic carbocycles. The van der Waals surface area contributed by atoms with Crippen LogP contribution >= 0.6 is 0 Å². The van der Waals surface area contributed by atoms with Gasteiger partial charge in [-0.25, -0.2) is 4.98 Å². The van der Waals surface area contributed by atoms with Gasteiger partial charge in [-0.05, 0) is 48.6 Å². The Balaban J connectivity index is 1.32. The van der Waals surface area contributed by atoms with Crippen LogP contribution in [0.5, 0.6) is 0 Å². The fourth-order valence-electron chi connectivity index (χ4n) is 5.78. The number of carbonyl (C=O) groups excluding carboxylic acids is 3. The fraction of sp³-hybridized carbons (Fsp3) is 0.407. The molecular weight excluding hydrogens is 458 g/mol. The number of imide groups is 1. The van der Waals surface area contributed by atoms with Crippen LogP contribution in [0.15, 0.2) is 42.6 Å². The summed E-state index contributed by atoms with van der Waals surface area (Å²) in [5.41, 5.74) is 3.86. The van der Waals surface area contributed by atoms with Crippen molar-refractivity contribution >= 4 is 29.2 Å². The summed E-state index contributed by atoms with van der Waals surface area (Å²) in [4.78, 5) is 43.7. The molecule has 0 bridgehead atoms. The van der Waals surface area contributed by atoms with Crippen molar-refractivity contribution in [2.45, 2.75) is 63.8 Å². The van der Waals surface area contributed by atoms with Gasteiger partial charge in [-0.3, -0.25) is 29.0 Å². The number of anilines is 1. The van der Waals surface area contributed by atoms with Crippen LogP contribution in [0.1, 0.15) is 62.3 Å². The number of amides is 3. The van der Waals surface area contributed by atoms with Crippen molar-refractivity contribution in [1.82, 2.24) is 19.6 Å². The molecule has 6 rings (SSSR count). The van der Waals surface area contributed by atoms with Crippen molar-refractivity contribution in [1.29, 1.82) is 0 Å². The molecule has 2 aliphatic heterocycles. The molecule has 1 saturated heterocycles. The number of pyridine rings is 1. The third-order valence-corrected chi connectivity index (χ3v) is 7.72. The van der Waals surface area contributed by atoms with Gasteiger partial charge in [-0.1, -0.05) is 37.5 Å². The lowest BCUT2D eigenvalue weighted by Crippen LogP contribution is -2.51. The number of rotatable bonds is 4. The summed E-state index contributed by atoms with van der Waals surface area (Å²) >= 11 is 0. The van der Waals surface area contributed by atoms with Crippen molar-refractivity contribution in [3.8, 4) is 11.3 Å². The SMILES string of the molecule is O=C1CCC(N2Cc3cc(-c4nc5ccccn5c4NC(=O)C4CCCCC4)ccc3C2O)C(=O)N1. The third kappa shape index (κ3) is 3.98. The molecule has 4 heterocycles. The predicted octanol–water partition coefficient (Wildman–Crippen LogP) is 3.13. The number of aromatic nitrogens is 2. The molecular formula is C27H29N5O4. The molecule has 9 heteroatoms. The summed E-state index contributed by atoms with van der Waals surface area (Å²) in [5, 5.41) is 16.5. The molecule has 3 amide bonds. The molecule has 186 valence electrons. The number of hydrogen-bond acceptors (Lipinski definition) is 6. The highest BCUT2D eigenvalue weighted by molar-refractivity contribution is 6.00. The van der Waals surface area contributed by atoms with E-state index in [4.69, 9.17) is 4.98 Å². The monoisotopic (exact) mass is 487 g/mol. The summed E-state index contributed by atoms with van der Waals surface area (Å²) in [6.45, 7) is 0.383. The van der Waals surface area contributed by atoms with E-state index in [0.29, 0.717) is 24.5 Å². The van der Waals surface area contributed by atoms with Crippen LogP contribution in [0.2, 0.25) is 0 Å². The van der Waals surface area contributed by atoms with Gasteiger partial charge in [-0.15, -0.1) is 0 Å². The zero-order valence-corrected chi connectivity index (χ0v) is 19.9. The number of fused-ring (bicyclic) bond motifs is 2. The topological polar surface area (TPSA) is 116 Å². The van der Waals surface area contributed by atoms with E-state index in [1.54, 1.807) is 4.90 Å². The van der Waals surface area contributed by atoms with Gasteiger partial charge in [0.15, 0.2) is 0 Å². The Morgan fingerprint density at radius 1 is 1.08 bits per heavy atom. The molecule has 2 atom stereocenters. The summed E-state index contributed by atoms with van der Waals surface area (Å²) in [6, 6.07) is 10.9. The number of nitrogens with one attached hydrogen (secondary N) is 2. The van der Waals surface area contributed by atoms with Crippen molar-refractivity contribution in [3.05, 3.63) is 53.7 Å². The molecule has 2 aromatic heterocycles. The van der Waals surface area contributed by atoms with Crippen LogP contribution in [0.4, 0.5) is 5.82 Å². The molecule has 9 nitrogen and oxygen atoms in total. The van der Waals surface area contributed by atoms with E-state index >= 15 is 0 Å². The summed E-state index contributed by atoms with van der Waals surface area (Å²) < 4.78 is 1.90. The lowest BCUT2D eigenvalue weighted by atomic mass is 9.88. The highest BCUT2D eigenvalue weighted by Gasteiger charge is 2.40. The van der Waals surface area contributed by atoms with E-state index in [0.717, 1.165) is 48.0 Å². The largest absolute Gasteiger partial charge is 0.374 e. The Kier molecular flexibility index (Phi) is 5.81. The predicted molar refractivity (Wildman–Crippen MR) is 133 cm³/mol. The summed E-state index contributed by atoms with van der Waals surface area (Å²) in [5.74, 6) is 0.0350. The van der Waals surface area contributed by atoms with Crippen LogP contribution in [0.3, 0.4) is 0 Å². The zero-order chi connectivity index (χ0) is 24.8. The Morgan fingerprint density at radius 3 is 2.72 bits per heavy atom. The van der Waals surface area contributed by atoms with Crippen LogP contribution in [0.25, 0.3) is 16.9 Å². The highest BCUT2D eigenvalue weighted by Crippen LogP contribution is 2.39. The minimum absolute atomic E-state index is 0.0121. The van der Waals surface area contributed by atoms with Crippen molar-refractivity contribution in [2.75, 3.05) is 5.32 Å². The minimum Gasteiger partial charge on any atom is -0.374 e. The zero-order valence-electron chi connectivity index (χ0n) is 19.9. The van der Waals surface area contributed by atoms with Gasteiger partial charge < -0.3 is 10.4 Å². The Hall–Kier alpha value is -3.56. The van der Waals surface area contributed by atoms with E-state index in [2.05, 4.69) is 10.6 Å². The second-order valence-electron chi connectivity index (χ2n) is 9.99. The molecule has 2 unspecified atom stereocenters. The Labute approximate surface area is 208 Å². The van der Waals surface area contributed by atoms with Gasteiger partial charge in [-0.2, -0.15) is 0 Å². The first-order valence-corrected chi connectivity index (χ1v) is 12.7. The van der Waals surface area contributed by atoms with Crippen LogP contribution in [0, 0.1) is 5.92 Å². The fourth-order valence-corrected chi connectivity index (χ4v) is 5.78. The number of benzene rings is 1. The van der Waals surface area contributed by atoms with Crippen molar-refractivity contribution in [2.24, 2.45) is 5.92 Å². The first kappa shape index (κ1) is 22.9. The third-order valence-electron chi connectivity index (χ3n) is 7.72. The highest BCUT2D eigenvalue weighted by atomic mass is 16.3. The van der Waals surface area contributed by atoms with Gasteiger partial charge >= 0.3 is 0 Å². The Bertz CT molecular complexity index is 1360. The maximum absolute atomic E-state index is 13.1. The quantitative estimate of drug-likeness (QED) is 0.487. The number of piperidine rings is 1. The number of imidazole rings is 1. The smallest absolute Gasteiger partial charge is 0.244 e. The van der Waals surface area contributed by atoms with Crippen molar-refractivity contribution in [3.63, 3.8) is 0 Å². The van der Waals surface area contributed by atoms with Gasteiger partial charge in [0.05, 0.1) is 6.04 Å². The molecule has 0 radical (unpaired) electrons. The van der Waals surface area contributed by atoms with Crippen molar-refractivity contribution < 1.29 is 19.5 Å². The van der Waals surface area contributed by atoms with E-state index in [-0.39, 0.29) is 30.1 Å². The molecule has 1 aliphatic carbocycles. The summed E-state index contributed by atoms with van der Waals surface area (Å²) in [7, 11) is 0. The summed E-state index contributed by atoms with van der Waals surface area (Å²) in [6.07, 6.45) is 6.76.